The molecule has 0 aliphatic carbocycles. The predicted molar refractivity (Wildman–Crippen MR) is 73.9 cm³/mol. The van der Waals surface area contributed by atoms with Gasteiger partial charge in [0.1, 0.15) is 17.9 Å². The van der Waals surface area contributed by atoms with E-state index in [1.807, 2.05) is 28.8 Å². The van der Waals surface area contributed by atoms with Crippen molar-refractivity contribution in [2.45, 2.75) is 6.54 Å². The van der Waals surface area contributed by atoms with Crippen LogP contribution in [-0.2, 0) is 6.54 Å². The smallest absolute Gasteiger partial charge is 0.269 e. The number of rotatable bonds is 3. The number of fused-ring (bicyclic) bond motifs is 1. The Kier molecular flexibility index (Phi) is 2.92. The molecule has 3 N–H and O–H groups in total. The fourth-order valence-corrected chi connectivity index (χ4v) is 2.26. The van der Waals surface area contributed by atoms with Crippen molar-refractivity contribution in [3.8, 4) is 11.3 Å². The average Bonchev–Trinajstić information content (AvgIpc) is 2.85. The van der Waals surface area contributed by atoms with Gasteiger partial charge in [-0.05, 0) is 24.3 Å². The lowest BCUT2D eigenvalue weighted by atomic mass is 10.1. The molecule has 0 aliphatic heterocycles. The van der Waals surface area contributed by atoms with Gasteiger partial charge in [0, 0.05) is 23.9 Å². The van der Waals surface area contributed by atoms with E-state index in [1.54, 1.807) is 12.1 Å². The predicted octanol–water partition coefficient (Wildman–Crippen LogP) is 1.65. The summed E-state index contributed by atoms with van der Waals surface area (Å²) in [6, 6.07) is 12.2. The van der Waals surface area contributed by atoms with Crippen molar-refractivity contribution >= 4 is 11.3 Å². The fourth-order valence-electron chi connectivity index (χ4n) is 2.26. The lowest BCUT2D eigenvalue weighted by Gasteiger charge is -2.00. The summed E-state index contributed by atoms with van der Waals surface area (Å²) in [6.45, 7) is 0.595. The van der Waals surface area contributed by atoms with Crippen LogP contribution >= 0.6 is 0 Å². The highest BCUT2D eigenvalue weighted by Crippen LogP contribution is 2.25. The Morgan fingerprint density at radius 2 is 1.95 bits per heavy atom. The molecule has 3 rings (SSSR count). The number of imidazole rings is 1. The summed E-state index contributed by atoms with van der Waals surface area (Å²) in [7, 11) is 0. The van der Waals surface area contributed by atoms with Gasteiger partial charge in [-0.15, -0.1) is 0 Å². The molecule has 6 heteroatoms. The van der Waals surface area contributed by atoms with E-state index in [4.69, 9.17) is 0 Å². The normalized spacial score (nSPS) is 10.8. The first kappa shape index (κ1) is 12.3. The van der Waals surface area contributed by atoms with Crippen LogP contribution in [0.25, 0.3) is 16.9 Å². The third-order valence-corrected chi connectivity index (χ3v) is 3.22. The first-order chi connectivity index (χ1) is 9.70. The zero-order chi connectivity index (χ0) is 14.1. The topological polar surface area (TPSA) is 88.1 Å². The molecule has 0 radical (unpaired) electrons. The minimum Gasteiger partial charge on any atom is -0.353 e. The van der Waals surface area contributed by atoms with Gasteiger partial charge in [-0.25, -0.2) is 4.98 Å². The highest BCUT2D eigenvalue weighted by atomic mass is 16.6. The largest absolute Gasteiger partial charge is 0.353 e. The second kappa shape index (κ2) is 4.75. The molecule has 6 nitrogen and oxygen atoms in total. The molecular formula is C14H13N4O2+. The van der Waals surface area contributed by atoms with Crippen molar-refractivity contribution in [3.63, 3.8) is 0 Å². The molecule has 0 atom stereocenters. The Morgan fingerprint density at radius 3 is 2.60 bits per heavy atom. The van der Waals surface area contributed by atoms with Crippen LogP contribution in [-0.4, -0.2) is 14.3 Å². The van der Waals surface area contributed by atoms with Gasteiger partial charge in [0.05, 0.1) is 10.6 Å². The van der Waals surface area contributed by atoms with Gasteiger partial charge >= 0.3 is 0 Å². The molecule has 0 unspecified atom stereocenters. The van der Waals surface area contributed by atoms with Gasteiger partial charge < -0.3 is 5.73 Å². The quantitative estimate of drug-likeness (QED) is 0.579. The Balaban J connectivity index is 2.16. The van der Waals surface area contributed by atoms with Crippen LogP contribution in [0.4, 0.5) is 5.69 Å². The summed E-state index contributed by atoms with van der Waals surface area (Å²) >= 11 is 0. The Morgan fingerprint density at radius 1 is 1.20 bits per heavy atom. The molecule has 0 saturated carbocycles. The van der Waals surface area contributed by atoms with E-state index in [2.05, 4.69) is 10.7 Å². The third-order valence-electron chi connectivity index (χ3n) is 3.22. The summed E-state index contributed by atoms with van der Waals surface area (Å²) < 4.78 is 1.99. The third kappa shape index (κ3) is 1.92. The van der Waals surface area contributed by atoms with Crippen LogP contribution in [0.5, 0.6) is 0 Å². The standard InChI is InChI=1S/C14H12N4O2/c15-9-12-14(16-13-3-1-2-8-17(12)13)10-4-6-11(7-5-10)18(19)20/h1-8H,9,15H2/p+1. The van der Waals surface area contributed by atoms with Crippen molar-refractivity contribution in [1.29, 1.82) is 0 Å². The summed E-state index contributed by atoms with van der Waals surface area (Å²) in [6.07, 6.45) is 1.94. The molecule has 0 amide bonds. The van der Waals surface area contributed by atoms with Crippen molar-refractivity contribution < 1.29 is 10.7 Å². The molecule has 0 saturated heterocycles. The van der Waals surface area contributed by atoms with E-state index in [0.29, 0.717) is 6.54 Å². The molecule has 2 heterocycles. The highest BCUT2D eigenvalue weighted by Gasteiger charge is 2.14. The Bertz CT molecular complexity index is 777. The van der Waals surface area contributed by atoms with Gasteiger partial charge in [0.15, 0.2) is 0 Å². The minimum absolute atomic E-state index is 0.0775. The first-order valence-electron chi connectivity index (χ1n) is 6.20. The SMILES string of the molecule is [NH3+]Cc1c(-c2ccc([N+](=O)[O-])cc2)nc2ccccn12. The fraction of sp³-hybridized carbons (Fsp3) is 0.0714. The van der Waals surface area contributed by atoms with Crippen molar-refractivity contribution in [2.24, 2.45) is 0 Å². The van der Waals surface area contributed by atoms with Gasteiger partial charge in [-0.3, -0.25) is 14.5 Å². The lowest BCUT2D eigenvalue weighted by molar-refractivity contribution is -0.387. The number of aromatic nitrogens is 2. The van der Waals surface area contributed by atoms with E-state index in [0.717, 1.165) is 22.6 Å². The molecule has 3 aromatic rings. The van der Waals surface area contributed by atoms with Crippen LogP contribution in [0.2, 0.25) is 0 Å². The average molecular weight is 269 g/mol. The van der Waals surface area contributed by atoms with Gasteiger partial charge in [-0.2, -0.15) is 0 Å². The van der Waals surface area contributed by atoms with Crippen LogP contribution in [0.1, 0.15) is 5.69 Å². The molecule has 100 valence electrons. The van der Waals surface area contributed by atoms with Crippen LogP contribution in [0.3, 0.4) is 0 Å². The number of non-ortho nitro benzene ring substituents is 1. The Hall–Kier alpha value is -2.73. The number of nitrogens with zero attached hydrogens (tertiary/aromatic N) is 3. The minimum atomic E-state index is -0.407. The maximum atomic E-state index is 10.7. The van der Waals surface area contributed by atoms with E-state index in [-0.39, 0.29) is 5.69 Å². The molecule has 0 aliphatic rings. The number of benzene rings is 1. The molecule has 2 aromatic heterocycles. The zero-order valence-electron chi connectivity index (χ0n) is 10.7. The van der Waals surface area contributed by atoms with Gasteiger partial charge in [0.2, 0.25) is 0 Å². The number of quaternary nitrogens is 1. The van der Waals surface area contributed by atoms with Crippen LogP contribution in [0, 0.1) is 10.1 Å². The maximum Gasteiger partial charge on any atom is 0.269 e. The molecule has 0 spiro atoms. The molecule has 0 bridgehead atoms. The maximum absolute atomic E-state index is 10.7. The van der Waals surface area contributed by atoms with Crippen molar-refractivity contribution in [3.05, 3.63) is 64.5 Å². The van der Waals surface area contributed by atoms with Crippen molar-refractivity contribution in [1.82, 2.24) is 9.38 Å². The highest BCUT2D eigenvalue weighted by molar-refractivity contribution is 5.67. The Labute approximate surface area is 114 Å². The number of nitro groups is 1. The van der Waals surface area contributed by atoms with E-state index >= 15 is 0 Å². The lowest BCUT2D eigenvalue weighted by Crippen LogP contribution is -2.48. The van der Waals surface area contributed by atoms with E-state index < -0.39 is 4.92 Å². The van der Waals surface area contributed by atoms with E-state index in [1.165, 1.54) is 12.1 Å². The summed E-state index contributed by atoms with van der Waals surface area (Å²) in [5, 5.41) is 10.7. The zero-order valence-corrected chi connectivity index (χ0v) is 10.7. The summed E-state index contributed by atoms with van der Waals surface area (Å²) in [5.74, 6) is 0. The van der Waals surface area contributed by atoms with Gasteiger partial charge in [0.25, 0.3) is 5.69 Å². The van der Waals surface area contributed by atoms with Crippen LogP contribution in [0.15, 0.2) is 48.7 Å². The summed E-state index contributed by atoms with van der Waals surface area (Å²) in [4.78, 5) is 14.9. The number of nitro benzene ring substituents is 1. The molecule has 1 aromatic carbocycles. The molecular weight excluding hydrogens is 256 g/mol. The monoisotopic (exact) mass is 269 g/mol. The van der Waals surface area contributed by atoms with E-state index in [9.17, 15) is 10.1 Å². The van der Waals surface area contributed by atoms with Crippen molar-refractivity contribution in [2.75, 3.05) is 0 Å². The summed E-state index contributed by atoms with van der Waals surface area (Å²) in [5.41, 5.74) is 7.54. The molecule has 20 heavy (non-hydrogen) atoms. The number of hydrogen-bond donors (Lipinski definition) is 1. The van der Waals surface area contributed by atoms with Gasteiger partial charge in [-0.1, -0.05) is 6.07 Å². The second-order valence-electron chi connectivity index (χ2n) is 4.39. The van der Waals surface area contributed by atoms with Crippen LogP contribution < -0.4 is 5.73 Å². The number of pyridine rings is 1. The first-order valence-corrected chi connectivity index (χ1v) is 6.20. The molecule has 0 fully saturated rings. The second-order valence-corrected chi connectivity index (χ2v) is 4.39. The number of hydrogen-bond acceptors (Lipinski definition) is 3.